The molecule has 130 valence electrons. The van der Waals surface area contributed by atoms with Crippen molar-refractivity contribution >= 4 is 22.6 Å². The molecule has 0 aliphatic carbocycles. The Labute approximate surface area is 146 Å². The molecule has 25 heavy (non-hydrogen) atoms. The Morgan fingerprint density at radius 2 is 1.88 bits per heavy atom. The zero-order valence-electron chi connectivity index (χ0n) is 14.3. The third-order valence-electron chi connectivity index (χ3n) is 3.88. The van der Waals surface area contributed by atoms with E-state index in [4.69, 9.17) is 4.42 Å². The minimum Gasteiger partial charge on any atom is -0.458 e. The Kier molecular flexibility index (Phi) is 5.16. The first kappa shape index (κ1) is 17.2. The van der Waals surface area contributed by atoms with Crippen molar-refractivity contribution in [1.29, 1.82) is 0 Å². The van der Waals surface area contributed by atoms with Gasteiger partial charge in [-0.25, -0.2) is 0 Å². The molecule has 5 heteroatoms. The van der Waals surface area contributed by atoms with Crippen LogP contribution in [0.4, 0.5) is 5.69 Å². The number of carbonyl (C=O) groups is 1. The molecule has 0 aliphatic heterocycles. The molecule has 1 unspecified atom stereocenters. The largest absolute Gasteiger partial charge is 0.458 e. The van der Waals surface area contributed by atoms with Crippen LogP contribution in [0.25, 0.3) is 11.0 Å². The van der Waals surface area contributed by atoms with Crippen molar-refractivity contribution in [1.82, 2.24) is 5.32 Å². The highest BCUT2D eigenvalue weighted by atomic mass is 16.4. The number of hydrogen-bond donors (Lipinski definition) is 3. The molecule has 1 atom stereocenters. The van der Waals surface area contributed by atoms with Crippen molar-refractivity contribution in [3.05, 3.63) is 65.9 Å². The number of amides is 1. The van der Waals surface area contributed by atoms with Gasteiger partial charge in [0, 0.05) is 29.2 Å². The highest BCUT2D eigenvalue weighted by Gasteiger charge is 2.14. The van der Waals surface area contributed by atoms with E-state index in [1.165, 1.54) is 0 Å². The zero-order chi connectivity index (χ0) is 17.8. The van der Waals surface area contributed by atoms with Crippen molar-refractivity contribution in [2.75, 3.05) is 11.9 Å². The number of aliphatic hydroxyl groups excluding tert-OH is 1. The molecule has 1 amide bonds. The van der Waals surface area contributed by atoms with Crippen LogP contribution in [0.3, 0.4) is 0 Å². The van der Waals surface area contributed by atoms with E-state index in [2.05, 4.69) is 10.6 Å². The van der Waals surface area contributed by atoms with E-state index in [9.17, 15) is 9.90 Å². The summed E-state index contributed by atoms with van der Waals surface area (Å²) in [4.78, 5) is 12.2. The van der Waals surface area contributed by atoms with E-state index < -0.39 is 6.10 Å². The summed E-state index contributed by atoms with van der Waals surface area (Å²) in [5.74, 6) is 0.347. The van der Waals surface area contributed by atoms with Crippen molar-refractivity contribution < 1.29 is 14.3 Å². The van der Waals surface area contributed by atoms with Crippen LogP contribution in [-0.2, 0) is 0 Å². The van der Waals surface area contributed by atoms with E-state index in [0.29, 0.717) is 35.2 Å². The predicted molar refractivity (Wildman–Crippen MR) is 98.7 cm³/mol. The summed E-state index contributed by atoms with van der Waals surface area (Å²) >= 11 is 0. The monoisotopic (exact) mass is 338 g/mol. The number of carbonyl (C=O) groups excluding carboxylic acids is 1. The van der Waals surface area contributed by atoms with Gasteiger partial charge in [-0.1, -0.05) is 32.0 Å². The van der Waals surface area contributed by atoms with Gasteiger partial charge in [0.2, 0.25) is 0 Å². The van der Waals surface area contributed by atoms with Crippen LogP contribution in [-0.4, -0.2) is 23.6 Å². The Morgan fingerprint density at radius 3 is 2.60 bits per heavy atom. The van der Waals surface area contributed by atoms with Gasteiger partial charge in [0.25, 0.3) is 5.91 Å². The fourth-order valence-corrected chi connectivity index (χ4v) is 2.55. The average molecular weight is 338 g/mol. The predicted octanol–water partition coefficient (Wildman–Crippen LogP) is 3.72. The van der Waals surface area contributed by atoms with Crippen LogP contribution in [0.2, 0.25) is 0 Å². The van der Waals surface area contributed by atoms with Gasteiger partial charge >= 0.3 is 0 Å². The zero-order valence-corrected chi connectivity index (χ0v) is 14.3. The summed E-state index contributed by atoms with van der Waals surface area (Å²) in [7, 11) is 0. The number of hydrogen-bond acceptors (Lipinski definition) is 4. The van der Waals surface area contributed by atoms with Crippen molar-refractivity contribution in [3.63, 3.8) is 0 Å². The first-order valence-corrected chi connectivity index (χ1v) is 8.34. The first-order chi connectivity index (χ1) is 12.0. The minimum absolute atomic E-state index is 0.162. The van der Waals surface area contributed by atoms with Gasteiger partial charge in [0.15, 0.2) is 0 Å². The summed E-state index contributed by atoms with van der Waals surface area (Å²) < 4.78 is 5.70. The molecule has 3 aromatic rings. The van der Waals surface area contributed by atoms with Crippen molar-refractivity contribution in [2.24, 2.45) is 0 Å². The molecule has 0 fully saturated rings. The SMILES string of the molecule is CC(C)NCC(O)c1cc2cc(NC(=O)c3ccccc3)ccc2o1. The molecule has 0 aliphatic rings. The Bertz CT molecular complexity index is 856. The number of rotatable bonds is 6. The number of aliphatic hydroxyl groups is 1. The Balaban J connectivity index is 1.75. The maximum absolute atomic E-state index is 12.2. The highest BCUT2D eigenvalue weighted by molar-refractivity contribution is 6.05. The molecule has 1 heterocycles. The normalized spacial score (nSPS) is 12.5. The molecule has 1 aromatic heterocycles. The van der Waals surface area contributed by atoms with Crippen LogP contribution in [0.5, 0.6) is 0 Å². The molecule has 5 nitrogen and oxygen atoms in total. The second-order valence-corrected chi connectivity index (χ2v) is 6.30. The molecule has 3 rings (SSSR count). The molecule has 0 saturated carbocycles. The number of anilines is 1. The third-order valence-corrected chi connectivity index (χ3v) is 3.88. The van der Waals surface area contributed by atoms with Crippen molar-refractivity contribution in [3.8, 4) is 0 Å². The molecule has 2 aromatic carbocycles. The number of furan rings is 1. The molecule has 0 spiro atoms. The van der Waals surface area contributed by atoms with Gasteiger partial charge in [0.05, 0.1) is 0 Å². The van der Waals surface area contributed by atoms with E-state index in [1.807, 2.05) is 38.1 Å². The summed E-state index contributed by atoms with van der Waals surface area (Å²) in [5.41, 5.74) is 1.96. The smallest absolute Gasteiger partial charge is 0.255 e. The summed E-state index contributed by atoms with van der Waals surface area (Å²) in [6.07, 6.45) is -0.711. The van der Waals surface area contributed by atoms with E-state index in [1.54, 1.807) is 30.3 Å². The lowest BCUT2D eigenvalue weighted by Gasteiger charge is -2.11. The Hall–Kier alpha value is -2.63. The molecular weight excluding hydrogens is 316 g/mol. The second kappa shape index (κ2) is 7.51. The van der Waals surface area contributed by atoms with Crippen LogP contribution in [0.15, 0.2) is 59.0 Å². The van der Waals surface area contributed by atoms with E-state index in [0.717, 1.165) is 5.39 Å². The second-order valence-electron chi connectivity index (χ2n) is 6.30. The molecule has 3 N–H and O–H groups in total. The summed E-state index contributed by atoms with van der Waals surface area (Å²) in [6, 6.07) is 16.6. The van der Waals surface area contributed by atoms with E-state index >= 15 is 0 Å². The van der Waals surface area contributed by atoms with Crippen molar-refractivity contribution in [2.45, 2.75) is 26.0 Å². The number of benzene rings is 2. The number of fused-ring (bicyclic) bond motifs is 1. The topological polar surface area (TPSA) is 74.5 Å². The van der Waals surface area contributed by atoms with Crippen LogP contribution < -0.4 is 10.6 Å². The standard InChI is InChI=1S/C20H22N2O3/c1-13(2)21-12-17(23)19-11-15-10-16(8-9-18(15)25-19)22-20(24)14-6-4-3-5-7-14/h3-11,13,17,21,23H,12H2,1-2H3,(H,22,24). The first-order valence-electron chi connectivity index (χ1n) is 8.34. The third kappa shape index (κ3) is 4.26. The lowest BCUT2D eigenvalue weighted by molar-refractivity contribution is 0.102. The van der Waals surface area contributed by atoms with Gasteiger partial charge in [-0.15, -0.1) is 0 Å². The van der Waals surface area contributed by atoms with Gasteiger partial charge in [-0.2, -0.15) is 0 Å². The fraction of sp³-hybridized carbons (Fsp3) is 0.250. The molecule has 0 saturated heterocycles. The lowest BCUT2D eigenvalue weighted by Crippen LogP contribution is -2.27. The van der Waals surface area contributed by atoms with E-state index in [-0.39, 0.29) is 5.91 Å². The summed E-state index contributed by atoms with van der Waals surface area (Å²) in [6.45, 7) is 4.47. The number of nitrogens with one attached hydrogen (secondary N) is 2. The Morgan fingerprint density at radius 1 is 1.12 bits per heavy atom. The fourth-order valence-electron chi connectivity index (χ4n) is 2.55. The molecule has 0 radical (unpaired) electrons. The maximum atomic E-state index is 12.2. The molecular formula is C20H22N2O3. The average Bonchev–Trinajstić information content (AvgIpc) is 3.03. The molecule has 0 bridgehead atoms. The highest BCUT2D eigenvalue weighted by Crippen LogP contribution is 2.26. The van der Waals surface area contributed by atoms with Crippen LogP contribution in [0.1, 0.15) is 36.1 Å². The quantitative estimate of drug-likeness (QED) is 0.640. The van der Waals surface area contributed by atoms with Crippen LogP contribution >= 0.6 is 0 Å². The summed E-state index contributed by atoms with van der Waals surface area (Å²) in [5, 5.41) is 17.1. The van der Waals surface area contributed by atoms with Gasteiger partial charge in [0.1, 0.15) is 17.4 Å². The van der Waals surface area contributed by atoms with Gasteiger partial charge in [-0.3, -0.25) is 4.79 Å². The van der Waals surface area contributed by atoms with Crippen LogP contribution in [0, 0.1) is 0 Å². The minimum atomic E-state index is -0.711. The van der Waals surface area contributed by atoms with Gasteiger partial charge < -0.3 is 20.2 Å². The van der Waals surface area contributed by atoms with Gasteiger partial charge in [-0.05, 0) is 36.4 Å². The maximum Gasteiger partial charge on any atom is 0.255 e. The lowest BCUT2D eigenvalue weighted by atomic mass is 10.2.